The molecule has 1 saturated carbocycles. The topological polar surface area (TPSA) is 60.2 Å². The van der Waals surface area contributed by atoms with Crippen LogP contribution in [0.4, 0.5) is 0 Å². The van der Waals surface area contributed by atoms with Crippen molar-refractivity contribution < 1.29 is 9.26 Å². The zero-order chi connectivity index (χ0) is 13.2. The van der Waals surface area contributed by atoms with Gasteiger partial charge in [0.2, 0.25) is 11.7 Å². The summed E-state index contributed by atoms with van der Waals surface area (Å²) in [5.74, 6) is 1.81. The van der Waals surface area contributed by atoms with E-state index in [1.165, 1.54) is 12.8 Å². The van der Waals surface area contributed by atoms with Crippen molar-refractivity contribution in [3.05, 3.63) is 11.7 Å². The van der Waals surface area contributed by atoms with E-state index in [4.69, 9.17) is 9.26 Å². The second-order valence-corrected chi connectivity index (χ2v) is 5.51. The number of hydrogen-bond acceptors (Lipinski definition) is 5. The Morgan fingerprint density at radius 1 is 1.28 bits per heavy atom. The third-order valence-corrected chi connectivity index (χ3v) is 3.98. The summed E-state index contributed by atoms with van der Waals surface area (Å²) in [4.78, 5) is 4.50. The minimum absolute atomic E-state index is 0.406. The van der Waals surface area contributed by atoms with Crippen molar-refractivity contribution in [2.45, 2.75) is 57.1 Å². The number of nitrogens with zero attached hydrogens (tertiary/aromatic N) is 2. The Kier molecular flexibility index (Phi) is 4.02. The maximum atomic E-state index is 5.40. The molecule has 0 atom stereocenters. The fourth-order valence-corrected chi connectivity index (χ4v) is 2.37. The van der Waals surface area contributed by atoms with Gasteiger partial charge < -0.3 is 14.6 Å². The maximum Gasteiger partial charge on any atom is 0.229 e. The van der Waals surface area contributed by atoms with Gasteiger partial charge in [0.15, 0.2) is 0 Å². The standard InChI is InChI=1S/C13H23N3O2/c1-13(2,17-4)12-15-11(18-16-12)9-5-7-10(14-3)8-6-9/h9-10,14H,5-8H2,1-4H3. The Balaban J connectivity index is 2.03. The number of ether oxygens (including phenoxy) is 1. The van der Waals surface area contributed by atoms with Crippen LogP contribution in [0, 0.1) is 0 Å². The Hall–Kier alpha value is -0.940. The van der Waals surface area contributed by atoms with E-state index in [9.17, 15) is 0 Å². The number of aromatic nitrogens is 2. The predicted octanol–water partition coefficient (Wildman–Crippen LogP) is 2.20. The second kappa shape index (κ2) is 5.36. The summed E-state index contributed by atoms with van der Waals surface area (Å²) in [6, 6.07) is 0.638. The fraction of sp³-hybridized carbons (Fsp3) is 0.846. The summed E-state index contributed by atoms with van der Waals surface area (Å²) in [6.07, 6.45) is 4.57. The third kappa shape index (κ3) is 2.72. The summed E-state index contributed by atoms with van der Waals surface area (Å²) in [5.41, 5.74) is -0.482. The molecule has 1 aromatic rings. The molecule has 0 bridgehead atoms. The van der Waals surface area contributed by atoms with Crippen LogP contribution in [0.1, 0.15) is 57.2 Å². The molecule has 0 radical (unpaired) electrons. The zero-order valence-electron chi connectivity index (χ0n) is 11.7. The number of methoxy groups -OCH3 is 1. The first-order valence-corrected chi connectivity index (χ1v) is 6.63. The van der Waals surface area contributed by atoms with E-state index in [-0.39, 0.29) is 0 Å². The van der Waals surface area contributed by atoms with Gasteiger partial charge in [0.05, 0.1) is 0 Å². The van der Waals surface area contributed by atoms with E-state index in [1.54, 1.807) is 7.11 Å². The monoisotopic (exact) mass is 253 g/mol. The number of rotatable bonds is 4. The molecule has 0 unspecified atom stereocenters. The van der Waals surface area contributed by atoms with Crippen molar-refractivity contribution >= 4 is 0 Å². The smallest absolute Gasteiger partial charge is 0.229 e. The first-order valence-electron chi connectivity index (χ1n) is 6.63. The van der Waals surface area contributed by atoms with E-state index in [1.807, 2.05) is 20.9 Å². The highest BCUT2D eigenvalue weighted by Crippen LogP contribution is 2.33. The Morgan fingerprint density at radius 3 is 2.50 bits per heavy atom. The van der Waals surface area contributed by atoms with Crippen LogP contribution in [0.2, 0.25) is 0 Å². The fourth-order valence-electron chi connectivity index (χ4n) is 2.37. The zero-order valence-corrected chi connectivity index (χ0v) is 11.7. The Bertz CT molecular complexity index is 381. The average molecular weight is 253 g/mol. The first-order chi connectivity index (χ1) is 8.56. The van der Waals surface area contributed by atoms with Crippen LogP contribution >= 0.6 is 0 Å². The van der Waals surface area contributed by atoms with E-state index in [2.05, 4.69) is 15.5 Å². The molecule has 1 aromatic heterocycles. The van der Waals surface area contributed by atoms with Gasteiger partial charge in [-0.1, -0.05) is 5.16 Å². The SMILES string of the molecule is CNC1CCC(c2nc(C(C)(C)OC)no2)CC1. The van der Waals surface area contributed by atoms with E-state index in [0.29, 0.717) is 17.8 Å². The minimum atomic E-state index is -0.482. The van der Waals surface area contributed by atoms with Crippen molar-refractivity contribution in [2.24, 2.45) is 0 Å². The van der Waals surface area contributed by atoms with E-state index < -0.39 is 5.60 Å². The van der Waals surface area contributed by atoms with Gasteiger partial charge in [0.1, 0.15) is 5.60 Å². The van der Waals surface area contributed by atoms with E-state index >= 15 is 0 Å². The van der Waals surface area contributed by atoms with Crippen LogP contribution in [0.5, 0.6) is 0 Å². The molecule has 0 spiro atoms. The number of hydrogen-bond donors (Lipinski definition) is 1. The molecule has 2 rings (SSSR count). The highest BCUT2D eigenvalue weighted by molar-refractivity contribution is 5.02. The lowest BCUT2D eigenvalue weighted by Gasteiger charge is -2.25. The van der Waals surface area contributed by atoms with Gasteiger partial charge in [-0.2, -0.15) is 4.98 Å². The average Bonchev–Trinajstić information content (AvgIpc) is 2.89. The van der Waals surface area contributed by atoms with Gasteiger partial charge in [0, 0.05) is 19.1 Å². The van der Waals surface area contributed by atoms with Crippen LogP contribution in [0.25, 0.3) is 0 Å². The molecular weight excluding hydrogens is 230 g/mol. The predicted molar refractivity (Wildman–Crippen MR) is 68.4 cm³/mol. The summed E-state index contributed by atoms with van der Waals surface area (Å²) in [6.45, 7) is 3.89. The highest BCUT2D eigenvalue weighted by atomic mass is 16.5. The van der Waals surface area contributed by atoms with Crippen molar-refractivity contribution in [1.82, 2.24) is 15.5 Å². The highest BCUT2D eigenvalue weighted by Gasteiger charge is 2.30. The molecule has 1 N–H and O–H groups in total. The molecule has 0 amide bonds. The second-order valence-electron chi connectivity index (χ2n) is 5.51. The van der Waals surface area contributed by atoms with Gasteiger partial charge in [-0.15, -0.1) is 0 Å². The van der Waals surface area contributed by atoms with Gasteiger partial charge in [-0.05, 0) is 46.6 Å². The van der Waals surface area contributed by atoms with Gasteiger partial charge in [0.25, 0.3) is 0 Å². The molecule has 102 valence electrons. The van der Waals surface area contributed by atoms with Crippen LogP contribution in [-0.2, 0) is 10.3 Å². The van der Waals surface area contributed by atoms with Crippen LogP contribution < -0.4 is 5.32 Å². The lowest BCUT2D eigenvalue weighted by molar-refractivity contribution is 0.00973. The van der Waals surface area contributed by atoms with Crippen LogP contribution in [0.15, 0.2) is 4.52 Å². The third-order valence-electron chi connectivity index (χ3n) is 3.98. The summed E-state index contributed by atoms with van der Waals surface area (Å²) in [7, 11) is 3.69. The van der Waals surface area contributed by atoms with Crippen molar-refractivity contribution in [3.8, 4) is 0 Å². The lowest BCUT2D eigenvalue weighted by atomic mass is 9.86. The number of nitrogens with one attached hydrogen (secondary N) is 1. The molecular formula is C13H23N3O2. The Morgan fingerprint density at radius 2 is 1.94 bits per heavy atom. The molecule has 1 heterocycles. The van der Waals surface area contributed by atoms with Crippen LogP contribution in [-0.4, -0.2) is 30.3 Å². The minimum Gasteiger partial charge on any atom is -0.371 e. The molecule has 0 aromatic carbocycles. The molecule has 0 aliphatic heterocycles. The molecule has 1 fully saturated rings. The Labute approximate surface area is 108 Å². The molecule has 0 saturated heterocycles. The summed E-state index contributed by atoms with van der Waals surface area (Å²) < 4.78 is 10.8. The molecule has 5 nitrogen and oxygen atoms in total. The maximum absolute atomic E-state index is 5.40. The molecule has 1 aliphatic carbocycles. The molecule has 18 heavy (non-hydrogen) atoms. The van der Waals surface area contributed by atoms with Crippen molar-refractivity contribution in [3.63, 3.8) is 0 Å². The summed E-state index contributed by atoms with van der Waals surface area (Å²) >= 11 is 0. The van der Waals surface area contributed by atoms with Crippen molar-refractivity contribution in [2.75, 3.05) is 14.2 Å². The van der Waals surface area contributed by atoms with Gasteiger partial charge in [-0.25, -0.2) is 0 Å². The van der Waals surface area contributed by atoms with E-state index in [0.717, 1.165) is 18.7 Å². The normalized spacial score (nSPS) is 25.3. The largest absolute Gasteiger partial charge is 0.371 e. The van der Waals surface area contributed by atoms with Gasteiger partial charge in [-0.3, -0.25) is 0 Å². The van der Waals surface area contributed by atoms with Gasteiger partial charge >= 0.3 is 0 Å². The molecule has 1 aliphatic rings. The summed E-state index contributed by atoms with van der Waals surface area (Å²) in [5, 5.41) is 7.37. The first kappa shape index (κ1) is 13.5. The lowest BCUT2D eigenvalue weighted by Crippen LogP contribution is -2.29. The van der Waals surface area contributed by atoms with Crippen LogP contribution in [0.3, 0.4) is 0 Å². The quantitative estimate of drug-likeness (QED) is 0.891. The molecule has 5 heteroatoms. The van der Waals surface area contributed by atoms with Crippen molar-refractivity contribution in [1.29, 1.82) is 0 Å².